The van der Waals surface area contributed by atoms with Crippen LogP contribution in [0.15, 0.2) is 6.33 Å². The van der Waals surface area contributed by atoms with E-state index in [1.165, 1.54) is 4.68 Å². The maximum atomic E-state index is 5.50. The van der Waals surface area contributed by atoms with Crippen molar-refractivity contribution in [2.45, 2.75) is 20.0 Å². The first-order valence-corrected chi connectivity index (χ1v) is 4.13. The summed E-state index contributed by atoms with van der Waals surface area (Å²) in [5.41, 5.74) is 5.50. The second-order valence-corrected chi connectivity index (χ2v) is 2.83. The molecule has 74 valence electrons. The summed E-state index contributed by atoms with van der Waals surface area (Å²) in [6.45, 7) is 3.20. The monoisotopic (exact) mass is 194 g/mol. The lowest BCUT2D eigenvalue weighted by Crippen LogP contribution is -2.11. The number of hydrogen-bond acceptors (Lipinski definition) is 6. The highest BCUT2D eigenvalue weighted by Crippen LogP contribution is 1.96. The minimum absolute atomic E-state index is 0.315. The Morgan fingerprint density at radius 3 is 2.79 bits per heavy atom. The van der Waals surface area contributed by atoms with Crippen LogP contribution in [0.1, 0.15) is 5.82 Å². The lowest BCUT2D eigenvalue weighted by Gasteiger charge is -2.03. The van der Waals surface area contributed by atoms with Crippen LogP contribution in [-0.4, -0.2) is 35.0 Å². The predicted molar refractivity (Wildman–Crippen MR) is 47.0 cm³/mol. The summed E-state index contributed by atoms with van der Waals surface area (Å²) in [6.07, 6.45) is 1.66. The summed E-state index contributed by atoms with van der Waals surface area (Å²) in [7, 11) is 0. The molecule has 0 aliphatic heterocycles. The third kappa shape index (κ3) is 1.53. The topological polar surface area (TPSA) is 100 Å². The second kappa shape index (κ2) is 3.40. The van der Waals surface area contributed by atoms with Gasteiger partial charge in [0.2, 0.25) is 5.95 Å². The summed E-state index contributed by atoms with van der Waals surface area (Å²) in [4.78, 5) is 0. The van der Waals surface area contributed by atoms with Crippen LogP contribution in [0, 0.1) is 6.92 Å². The molecule has 2 aromatic rings. The molecule has 2 aromatic heterocycles. The van der Waals surface area contributed by atoms with Crippen LogP contribution in [0.25, 0.3) is 0 Å². The molecule has 2 heterocycles. The summed E-state index contributed by atoms with van der Waals surface area (Å²) in [6, 6.07) is 0. The fourth-order valence-corrected chi connectivity index (χ4v) is 1.11. The van der Waals surface area contributed by atoms with Gasteiger partial charge in [0.1, 0.15) is 12.2 Å². The van der Waals surface area contributed by atoms with E-state index in [1.807, 2.05) is 11.5 Å². The number of aromatic nitrogens is 7. The number of rotatable bonds is 3. The van der Waals surface area contributed by atoms with Crippen LogP contribution in [0.2, 0.25) is 0 Å². The Morgan fingerprint density at radius 2 is 2.21 bits per heavy atom. The number of hydrogen-bond donors (Lipinski definition) is 1. The van der Waals surface area contributed by atoms with Gasteiger partial charge in [-0.3, -0.25) is 0 Å². The molecular formula is C6H10N8. The van der Waals surface area contributed by atoms with Gasteiger partial charge in [-0.25, -0.2) is 4.68 Å². The molecule has 0 radical (unpaired) electrons. The molecule has 0 aliphatic carbocycles. The van der Waals surface area contributed by atoms with Crippen LogP contribution in [0.5, 0.6) is 0 Å². The Morgan fingerprint density at radius 1 is 1.36 bits per heavy atom. The molecule has 8 heteroatoms. The SMILES string of the molecule is Cc1nncn1CCn1nnnc1N. The van der Waals surface area contributed by atoms with Crippen molar-refractivity contribution in [2.24, 2.45) is 0 Å². The second-order valence-electron chi connectivity index (χ2n) is 2.83. The number of nitrogens with zero attached hydrogens (tertiary/aromatic N) is 7. The average Bonchev–Trinajstić information content (AvgIpc) is 2.72. The third-order valence-electron chi connectivity index (χ3n) is 1.92. The van der Waals surface area contributed by atoms with Gasteiger partial charge in [-0.15, -0.1) is 10.2 Å². The molecule has 0 atom stereocenters. The van der Waals surface area contributed by atoms with E-state index in [-0.39, 0.29) is 0 Å². The van der Waals surface area contributed by atoms with Crippen molar-refractivity contribution in [1.29, 1.82) is 0 Å². The number of aryl methyl sites for hydroxylation is 3. The van der Waals surface area contributed by atoms with Gasteiger partial charge < -0.3 is 10.3 Å². The molecule has 0 amide bonds. The Hall–Kier alpha value is -1.99. The highest BCUT2D eigenvalue weighted by molar-refractivity contribution is 5.09. The van der Waals surface area contributed by atoms with Crippen molar-refractivity contribution in [2.75, 3.05) is 5.73 Å². The Bertz CT molecular complexity index is 375. The Kier molecular flexibility index (Phi) is 2.09. The first kappa shape index (κ1) is 8.60. The molecule has 0 saturated carbocycles. The van der Waals surface area contributed by atoms with Gasteiger partial charge in [0.05, 0.1) is 6.54 Å². The van der Waals surface area contributed by atoms with E-state index in [1.54, 1.807) is 6.33 Å². The van der Waals surface area contributed by atoms with Crippen molar-refractivity contribution < 1.29 is 0 Å². The van der Waals surface area contributed by atoms with E-state index in [4.69, 9.17) is 5.73 Å². The van der Waals surface area contributed by atoms with E-state index in [9.17, 15) is 0 Å². The molecule has 2 N–H and O–H groups in total. The van der Waals surface area contributed by atoms with Gasteiger partial charge in [0.25, 0.3) is 0 Å². The predicted octanol–water partition coefficient (Wildman–Crippen LogP) is -1.14. The van der Waals surface area contributed by atoms with E-state index in [0.29, 0.717) is 19.0 Å². The summed E-state index contributed by atoms with van der Waals surface area (Å²) >= 11 is 0. The number of tetrazole rings is 1. The van der Waals surface area contributed by atoms with E-state index >= 15 is 0 Å². The van der Waals surface area contributed by atoms with Crippen LogP contribution < -0.4 is 5.73 Å². The molecule has 14 heavy (non-hydrogen) atoms. The van der Waals surface area contributed by atoms with Crippen LogP contribution in [0.3, 0.4) is 0 Å². The maximum absolute atomic E-state index is 5.50. The molecular weight excluding hydrogens is 184 g/mol. The van der Waals surface area contributed by atoms with Crippen LogP contribution in [0.4, 0.5) is 5.95 Å². The zero-order valence-corrected chi connectivity index (χ0v) is 7.70. The molecule has 0 saturated heterocycles. The highest BCUT2D eigenvalue weighted by atomic mass is 15.6. The van der Waals surface area contributed by atoms with Crippen molar-refractivity contribution in [3.8, 4) is 0 Å². The molecule has 0 spiro atoms. The minimum Gasteiger partial charge on any atom is -0.367 e. The van der Waals surface area contributed by atoms with E-state index in [2.05, 4.69) is 25.7 Å². The highest BCUT2D eigenvalue weighted by Gasteiger charge is 2.02. The van der Waals surface area contributed by atoms with Crippen molar-refractivity contribution in [3.63, 3.8) is 0 Å². The molecule has 0 unspecified atom stereocenters. The fraction of sp³-hybridized carbons (Fsp3) is 0.500. The quantitative estimate of drug-likeness (QED) is 0.662. The van der Waals surface area contributed by atoms with Gasteiger partial charge in [-0.2, -0.15) is 0 Å². The normalized spacial score (nSPS) is 10.6. The molecule has 0 fully saturated rings. The summed E-state index contributed by atoms with van der Waals surface area (Å²) in [5, 5.41) is 18.4. The van der Waals surface area contributed by atoms with Gasteiger partial charge in [0.15, 0.2) is 0 Å². The largest absolute Gasteiger partial charge is 0.367 e. The lowest BCUT2D eigenvalue weighted by atomic mass is 10.5. The van der Waals surface area contributed by atoms with Gasteiger partial charge >= 0.3 is 0 Å². The van der Waals surface area contributed by atoms with E-state index < -0.39 is 0 Å². The Balaban J connectivity index is 2.02. The van der Waals surface area contributed by atoms with Gasteiger partial charge in [-0.1, -0.05) is 5.10 Å². The lowest BCUT2D eigenvalue weighted by molar-refractivity contribution is 0.517. The molecule has 2 rings (SSSR count). The average molecular weight is 194 g/mol. The smallest absolute Gasteiger partial charge is 0.240 e. The number of nitrogen functional groups attached to an aromatic ring is 1. The standard InChI is InChI=1S/C6H10N8/c1-5-9-8-4-13(5)2-3-14-6(7)10-11-12-14/h4H,2-3H2,1H3,(H2,7,10,12). The number of anilines is 1. The minimum atomic E-state index is 0.315. The molecule has 0 aliphatic rings. The first-order valence-electron chi connectivity index (χ1n) is 4.13. The summed E-state index contributed by atoms with van der Waals surface area (Å²) < 4.78 is 3.43. The molecule has 8 nitrogen and oxygen atoms in total. The maximum Gasteiger partial charge on any atom is 0.240 e. The first-order chi connectivity index (χ1) is 6.77. The van der Waals surface area contributed by atoms with Crippen LogP contribution in [-0.2, 0) is 13.1 Å². The summed E-state index contributed by atoms with van der Waals surface area (Å²) in [5.74, 6) is 1.17. The van der Waals surface area contributed by atoms with E-state index in [0.717, 1.165) is 5.82 Å². The Labute approximate surface area is 79.7 Å². The molecule has 0 bridgehead atoms. The molecule has 0 aromatic carbocycles. The van der Waals surface area contributed by atoms with Crippen molar-refractivity contribution >= 4 is 5.95 Å². The zero-order valence-electron chi connectivity index (χ0n) is 7.70. The number of nitrogens with two attached hydrogens (primary N) is 1. The van der Waals surface area contributed by atoms with Crippen LogP contribution >= 0.6 is 0 Å². The fourth-order valence-electron chi connectivity index (χ4n) is 1.11. The van der Waals surface area contributed by atoms with Crippen molar-refractivity contribution in [1.82, 2.24) is 35.0 Å². The van der Waals surface area contributed by atoms with Gasteiger partial charge in [-0.05, 0) is 17.4 Å². The zero-order chi connectivity index (χ0) is 9.97. The third-order valence-corrected chi connectivity index (χ3v) is 1.92. The van der Waals surface area contributed by atoms with Gasteiger partial charge in [0, 0.05) is 6.54 Å². The van der Waals surface area contributed by atoms with Crippen molar-refractivity contribution in [3.05, 3.63) is 12.2 Å².